The van der Waals surface area contributed by atoms with Gasteiger partial charge in [-0.3, -0.25) is 4.79 Å². The monoisotopic (exact) mass is 227 g/mol. The van der Waals surface area contributed by atoms with Crippen LogP contribution in [0.15, 0.2) is 0 Å². The Kier molecular flexibility index (Phi) is 5.30. The highest BCUT2D eigenvalue weighted by Crippen LogP contribution is 2.16. The standard InChI is InChI=1S/C10H17N3O3/c1-7(2)6-10(3,13-9(15)16)8(14)12-5-4-11/h7,13H,5-6H2,1-3H3,(H,12,14)(H,15,16). The summed E-state index contributed by atoms with van der Waals surface area (Å²) in [4.78, 5) is 22.3. The molecule has 16 heavy (non-hydrogen) atoms. The molecule has 0 aliphatic carbocycles. The van der Waals surface area contributed by atoms with Crippen molar-refractivity contribution in [2.24, 2.45) is 5.92 Å². The van der Waals surface area contributed by atoms with Crippen LogP contribution >= 0.6 is 0 Å². The predicted molar refractivity (Wildman–Crippen MR) is 57.6 cm³/mol. The number of nitrogens with zero attached hydrogens (tertiary/aromatic N) is 1. The highest BCUT2D eigenvalue weighted by atomic mass is 16.4. The molecule has 1 unspecified atom stereocenters. The Morgan fingerprint density at radius 2 is 2.06 bits per heavy atom. The third-order valence-electron chi connectivity index (χ3n) is 2.03. The zero-order valence-electron chi connectivity index (χ0n) is 9.70. The van der Waals surface area contributed by atoms with Crippen LogP contribution in [0.1, 0.15) is 27.2 Å². The summed E-state index contributed by atoms with van der Waals surface area (Å²) in [5, 5.41) is 21.6. The van der Waals surface area contributed by atoms with Gasteiger partial charge >= 0.3 is 6.09 Å². The van der Waals surface area contributed by atoms with E-state index in [0.717, 1.165) is 0 Å². The fourth-order valence-electron chi connectivity index (χ4n) is 1.57. The molecule has 0 aliphatic rings. The molecule has 1 atom stereocenters. The van der Waals surface area contributed by atoms with E-state index in [1.54, 1.807) is 6.07 Å². The van der Waals surface area contributed by atoms with Crippen LogP contribution in [0.4, 0.5) is 4.79 Å². The molecule has 90 valence electrons. The first kappa shape index (κ1) is 14.2. The first-order valence-corrected chi connectivity index (χ1v) is 4.98. The first-order chi connectivity index (χ1) is 7.31. The number of carbonyl (C=O) groups excluding carboxylic acids is 1. The zero-order chi connectivity index (χ0) is 12.8. The minimum Gasteiger partial charge on any atom is -0.465 e. The number of amides is 2. The Morgan fingerprint density at radius 1 is 1.50 bits per heavy atom. The highest BCUT2D eigenvalue weighted by molar-refractivity contribution is 5.89. The minimum atomic E-state index is -1.25. The van der Waals surface area contributed by atoms with Crippen molar-refractivity contribution in [3.63, 3.8) is 0 Å². The fraction of sp³-hybridized carbons (Fsp3) is 0.700. The van der Waals surface area contributed by atoms with Gasteiger partial charge in [-0.25, -0.2) is 4.79 Å². The third kappa shape index (κ3) is 4.64. The van der Waals surface area contributed by atoms with Gasteiger partial charge < -0.3 is 15.7 Å². The van der Waals surface area contributed by atoms with Crippen molar-refractivity contribution >= 4 is 12.0 Å². The van der Waals surface area contributed by atoms with E-state index in [0.29, 0.717) is 6.42 Å². The summed E-state index contributed by atoms with van der Waals surface area (Å²) in [5.74, 6) is -0.324. The third-order valence-corrected chi connectivity index (χ3v) is 2.03. The van der Waals surface area contributed by atoms with Crippen molar-refractivity contribution in [3.05, 3.63) is 0 Å². The number of hydrogen-bond acceptors (Lipinski definition) is 3. The van der Waals surface area contributed by atoms with Gasteiger partial charge in [0.05, 0.1) is 6.07 Å². The van der Waals surface area contributed by atoms with Gasteiger partial charge in [0.25, 0.3) is 0 Å². The van der Waals surface area contributed by atoms with Crippen molar-refractivity contribution < 1.29 is 14.7 Å². The number of nitriles is 1. The maximum Gasteiger partial charge on any atom is 0.405 e. The van der Waals surface area contributed by atoms with Crippen molar-refractivity contribution in [1.82, 2.24) is 10.6 Å². The topological polar surface area (TPSA) is 102 Å². The lowest BCUT2D eigenvalue weighted by molar-refractivity contribution is -0.127. The average Bonchev–Trinajstić information content (AvgIpc) is 2.11. The van der Waals surface area contributed by atoms with E-state index < -0.39 is 17.5 Å². The summed E-state index contributed by atoms with van der Waals surface area (Å²) in [6, 6.07) is 1.77. The van der Waals surface area contributed by atoms with Crippen LogP contribution in [0.5, 0.6) is 0 Å². The Bertz CT molecular complexity index is 309. The van der Waals surface area contributed by atoms with Crippen molar-refractivity contribution in [2.75, 3.05) is 6.54 Å². The molecule has 0 rings (SSSR count). The van der Waals surface area contributed by atoms with Crippen LogP contribution in [0.2, 0.25) is 0 Å². The molecule has 0 aromatic rings. The number of carbonyl (C=O) groups is 2. The largest absolute Gasteiger partial charge is 0.465 e. The molecule has 6 heteroatoms. The molecule has 0 radical (unpaired) electrons. The lowest BCUT2D eigenvalue weighted by atomic mass is 9.90. The fourth-order valence-corrected chi connectivity index (χ4v) is 1.57. The predicted octanol–water partition coefficient (Wildman–Crippen LogP) is 0.699. The van der Waals surface area contributed by atoms with E-state index in [2.05, 4.69) is 10.6 Å². The molecule has 3 N–H and O–H groups in total. The van der Waals surface area contributed by atoms with Crippen molar-refractivity contribution in [2.45, 2.75) is 32.7 Å². The summed E-state index contributed by atoms with van der Waals surface area (Å²) >= 11 is 0. The number of hydrogen-bond donors (Lipinski definition) is 3. The molecular formula is C10H17N3O3. The summed E-state index contributed by atoms with van der Waals surface area (Å²) in [5.41, 5.74) is -1.20. The molecular weight excluding hydrogens is 210 g/mol. The molecule has 0 fully saturated rings. The van der Waals surface area contributed by atoms with Crippen LogP contribution in [-0.2, 0) is 4.79 Å². The Morgan fingerprint density at radius 3 is 2.44 bits per heavy atom. The molecule has 0 aromatic carbocycles. The van der Waals surface area contributed by atoms with Crippen LogP contribution in [0.25, 0.3) is 0 Å². The van der Waals surface area contributed by atoms with Gasteiger partial charge in [-0.05, 0) is 19.3 Å². The molecule has 0 aromatic heterocycles. The second kappa shape index (κ2) is 5.95. The molecule has 0 heterocycles. The molecule has 6 nitrogen and oxygen atoms in total. The Labute approximate surface area is 94.6 Å². The molecule has 0 saturated heterocycles. The van der Waals surface area contributed by atoms with Gasteiger partial charge in [-0.1, -0.05) is 13.8 Å². The second-order valence-corrected chi connectivity index (χ2v) is 4.20. The van der Waals surface area contributed by atoms with Gasteiger partial charge in [0.2, 0.25) is 5.91 Å². The smallest absolute Gasteiger partial charge is 0.405 e. The maximum absolute atomic E-state index is 11.7. The number of carboxylic acid groups (broad SMARTS) is 1. The van der Waals surface area contributed by atoms with E-state index in [9.17, 15) is 9.59 Å². The van der Waals surface area contributed by atoms with Crippen LogP contribution in [0, 0.1) is 17.2 Å². The first-order valence-electron chi connectivity index (χ1n) is 4.98. The minimum absolute atomic E-state index is 0.131. The van der Waals surface area contributed by atoms with Crippen LogP contribution in [0.3, 0.4) is 0 Å². The van der Waals surface area contributed by atoms with Gasteiger partial charge in [0.15, 0.2) is 0 Å². The average molecular weight is 227 g/mol. The summed E-state index contributed by atoms with van der Waals surface area (Å²) in [6.45, 7) is 5.15. The number of nitrogens with one attached hydrogen (secondary N) is 2. The van der Waals surface area contributed by atoms with E-state index in [1.165, 1.54) is 6.92 Å². The lowest BCUT2D eigenvalue weighted by Gasteiger charge is -2.29. The molecule has 0 saturated carbocycles. The normalized spacial score (nSPS) is 13.7. The van der Waals surface area contributed by atoms with E-state index >= 15 is 0 Å². The molecule has 0 aliphatic heterocycles. The van der Waals surface area contributed by atoms with E-state index in [4.69, 9.17) is 10.4 Å². The Balaban J connectivity index is 4.70. The molecule has 2 amide bonds. The van der Waals surface area contributed by atoms with Crippen molar-refractivity contribution in [1.29, 1.82) is 5.26 Å². The Hall–Kier alpha value is -1.77. The molecule has 0 bridgehead atoms. The lowest BCUT2D eigenvalue weighted by Crippen LogP contribution is -2.57. The van der Waals surface area contributed by atoms with Gasteiger partial charge in [0.1, 0.15) is 12.1 Å². The van der Waals surface area contributed by atoms with E-state index in [-0.39, 0.29) is 12.5 Å². The quantitative estimate of drug-likeness (QED) is 0.601. The van der Waals surface area contributed by atoms with Gasteiger partial charge in [-0.15, -0.1) is 0 Å². The maximum atomic E-state index is 11.7. The summed E-state index contributed by atoms with van der Waals surface area (Å²) in [6.07, 6.45) is -0.883. The molecule has 0 spiro atoms. The summed E-state index contributed by atoms with van der Waals surface area (Å²) in [7, 11) is 0. The van der Waals surface area contributed by atoms with Crippen LogP contribution in [-0.4, -0.2) is 29.2 Å². The zero-order valence-corrected chi connectivity index (χ0v) is 9.70. The van der Waals surface area contributed by atoms with E-state index in [1.807, 2.05) is 13.8 Å². The highest BCUT2D eigenvalue weighted by Gasteiger charge is 2.35. The second-order valence-electron chi connectivity index (χ2n) is 4.20. The number of rotatable bonds is 5. The van der Waals surface area contributed by atoms with Crippen molar-refractivity contribution in [3.8, 4) is 6.07 Å². The van der Waals surface area contributed by atoms with Gasteiger partial charge in [0, 0.05) is 0 Å². The van der Waals surface area contributed by atoms with Crippen LogP contribution < -0.4 is 10.6 Å². The SMILES string of the molecule is CC(C)CC(C)(NC(=O)O)C(=O)NCC#N. The van der Waals surface area contributed by atoms with Gasteiger partial charge in [-0.2, -0.15) is 5.26 Å². The summed E-state index contributed by atoms with van der Waals surface area (Å²) < 4.78 is 0.